The summed E-state index contributed by atoms with van der Waals surface area (Å²) in [6.07, 6.45) is 3.00. The van der Waals surface area contributed by atoms with Crippen LogP contribution < -0.4 is 4.90 Å². The Hall–Kier alpha value is -1.86. The third kappa shape index (κ3) is 4.10. The molecule has 4 rings (SSSR count). The lowest BCUT2D eigenvalue weighted by Crippen LogP contribution is -2.45. The zero-order chi connectivity index (χ0) is 19.5. The molecule has 2 fully saturated rings. The van der Waals surface area contributed by atoms with Gasteiger partial charge in [0.05, 0.1) is 19.2 Å². The number of rotatable bonds is 4. The van der Waals surface area contributed by atoms with E-state index < -0.39 is 0 Å². The number of carbonyl (C=O) groups is 1. The summed E-state index contributed by atoms with van der Waals surface area (Å²) in [4.78, 5) is 26.6. The molecule has 0 bridgehead atoms. The molecule has 0 saturated carbocycles. The molecule has 0 N–H and O–H groups in total. The van der Waals surface area contributed by atoms with Crippen molar-refractivity contribution in [2.45, 2.75) is 38.8 Å². The largest absolute Gasteiger partial charge is 0.468 e. The van der Waals surface area contributed by atoms with Crippen LogP contribution in [0.4, 0.5) is 5.82 Å². The van der Waals surface area contributed by atoms with Gasteiger partial charge in [0.15, 0.2) is 0 Å². The van der Waals surface area contributed by atoms with Crippen LogP contribution in [0, 0.1) is 6.92 Å². The first kappa shape index (κ1) is 19.5. The number of nitrogens with zero attached hydrogens (tertiary/aromatic N) is 4. The number of aryl methyl sites for hydroxylation is 1. The molecule has 2 aliphatic rings. The number of piperidine rings is 1. The van der Waals surface area contributed by atoms with E-state index in [1.54, 1.807) is 0 Å². The number of methoxy groups -OCH3 is 1. The van der Waals surface area contributed by atoms with Gasteiger partial charge >= 0.3 is 5.97 Å². The Kier molecular flexibility index (Phi) is 6.01. The Morgan fingerprint density at radius 1 is 1.21 bits per heavy atom. The average Bonchev–Trinajstić information content (AvgIpc) is 2.74. The van der Waals surface area contributed by atoms with E-state index >= 15 is 0 Å². The number of hydrogen-bond donors (Lipinski definition) is 0. The van der Waals surface area contributed by atoms with E-state index in [0.717, 1.165) is 72.9 Å². The molecule has 150 valence electrons. The predicted molar refractivity (Wildman–Crippen MR) is 114 cm³/mol. The lowest BCUT2D eigenvalue weighted by Gasteiger charge is -2.33. The van der Waals surface area contributed by atoms with Crippen LogP contribution in [0.15, 0.2) is 18.2 Å². The lowest BCUT2D eigenvalue weighted by atomic mass is 10.0. The summed E-state index contributed by atoms with van der Waals surface area (Å²) in [7, 11) is 1.47. The molecule has 28 heavy (non-hydrogen) atoms. The fraction of sp³-hybridized carbons (Fsp3) is 0.571. The number of thioether (sulfide) groups is 1. The van der Waals surface area contributed by atoms with E-state index in [9.17, 15) is 4.79 Å². The van der Waals surface area contributed by atoms with Gasteiger partial charge in [-0.1, -0.05) is 18.1 Å². The van der Waals surface area contributed by atoms with Crippen LogP contribution in [0.2, 0.25) is 0 Å². The second-order valence-corrected chi connectivity index (χ2v) is 8.81. The van der Waals surface area contributed by atoms with Crippen molar-refractivity contribution < 1.29 is 9.53 Å². The van der Waals surface area contributed by atoms with Gasteiger partial charge in [-0.3, -0.25) is 9.69 Å². The van der Waals surface area contributed by atoms with Crippen molar-refractivity contribution in [3.05, 3.63) is 29.6 Å². The highest BCUT2D eigenvalue weighted by Crippen LogP contribution is 2.28. The topological polar surface area (TPSA) is 58.6 Å². The summed E-state index contributed by atoms with van der Waals surface area (Å²) in [6, 6.07) is 6.19. The minimum Gasteiger partial charge on any atom is -0.468 e. The maximum atomic E-state index is 12.2. The quantitative estimate of drug-likeness (QED) is 0.731. The molecule has 2 aliphatic heterocycles. The van der Waals surface area contributed by atoms with Gasteiger partial charge < -0.3 is 9.64 Å². The fourth-order valence-corrected chi connectivity index (χ4v) is 5.03. The number of likely N-dealkylation sites (tertiary alicyclic amines) is 1. The number of anilines is 1. The molecule has 1 unspecified atom stereocenters. The van der Waals surface area contributed by atoms with Crippen molar-refractivity contribution in [1.82, 2.24) is 14.9 Å². The van der Waals surface area contributed by atoms with E-state index in [4.69, 9.17) is 14.7 Å². The maximum absolute atomic E-state index is 12.2. The zero-order valence-corrected chi connectivity index (χ0v) is 17.5. The van der Waals surface area contributed by atoms with Gasteiger partial charge in [0.25, 0.3) is 0 Å². The van der Waals surface area contributed by atoms with Crippen molar-refractivity contribution in [3.8, 4) is 0 Å². The maximum Gasteiger partial charge on any atom is 0.323 e. The molecule has 7 heteroatoms. The fourth-order valence-electron chi connectivity index (χ4n) is 4.12. The van der Waals surface area contributed by atoms with Crippen LogP contribution in [-0.2, 0) is 16.1 Å². The van der Waals surface area contributed by atoms with Gasteiger partial charge in [-0.2, -0.15) is 11.8 Å². The first-order valence-corrected chi connectivity index (χ1v) is 11.2. The van der Waals surface area contributed by atoms with Gasteiger partial charge in [-0.05, 0) is 38.4 Å². The molecule has 0 spiro atoms. The number of ether oxygens (including phenoxy) is 1. The number of benzene rings is 1. The Balaban J connectivity index is 1.68. The van der Waals surface area contributed by atoms with Crippen LogP contribution in [0.1, 0.15) is 30.7 Å². The summed E-state index contributed by atoms with van der Waals surface area (Å²) in [5.41, 5.74) is 2.20. The van der Waals surface area contributed by atoms with E-state index in [0.29, 0.717) is 6.54 Å². The number of esters is 1. The average molecular weight is 401 g/mol. The van der Waals surface area contributed by atoms with Crippen molar-refractivity contribution in [2.75, 3.05) is 43.1 Å². The summed E-state index contributed by atoms with van der Waals surface area (Å²) >= 11 is 2.00. The SMILES string of the molecule is COC(=O)C1CCCCN1Cc1nc(N2CCSCC2)c2cc(C)ccc2n1. The lowest BCUT2D eigenvalue weighted by molar-refractivity contribution is -0.148. The Labute approximate surface area is 170 Å². The van der Waals surface area contributed by atoms with Crippen LogP contribution in [0.3, 0.4) is 0 Å². The normalized spacial score (nSPS) is 21.1. The van der Waals surface area contributed by atoms with E-state index in [1.807, 2.05) is 11.8 Å². The van der Waals surface area contributed by atoms with Gasteiger partial charge in [-0.25, -0.2) is 9.97 Å². The molecule has 0 aliphatic carbocycles. The molecule has 3 heterocycles. The molecule has 2 saturated heterocycles. The van der Waals surface area contributed by atoms with Crippen LogP contribution in [-0.4, -0.2) is 65.1 Å². The predicted octanol–water partition coefficient (Wildman–Crippen LogP) is 3.02. The molecule has 6 nitrogen and oxygen atoms in total. The first-order valence-electron chi connectivity index (χ1n) is 10.1. The zero-order valence-electron chi connectivity index (χ0n) is 16.7. The summed E-state index contributed by atoms with van der Waals surface area (Å²) in [6.45, 7) is 5.60. The van der Waals surface area contributed by atoms with E-state index in [2.05, 4.69) is 34.9 Å². The van der Waals surface area contributed by atoms with Crippen LogP contribution in [0.25, 0.3) is 10.9 Å². The van der Waals surface area contributed by atoms with Crippen molar-refractivity contribution in [3.63, 3.8) is 0 Å². The van der Waals surface area contributed by atoms with Crippen molar-refractivity contribution in [2.24, 2.45) is 0 Å². The first-order chi connectivity index (χ1) is 13.7. The standard InChI is InChI=1S/C21H28N4O2S/c1-15-6-7-17-16(13-15)20(24-9-11-28-12-10-24)23-19(22-17)14-25-8-4-3-5-18(25)21(26)27-2/h6-7,13,18H,3-5,8-12,14H2,1-2H3. The van der Waals surface area contributed by atoms with E-state index in [1.165, 1.54) is 12.7 Å². The number of hydrogen-bond acceptors (Lipinski definition) is 7. The minimum absolute atomic E-state index is 0.149. The molecule has 2 aromatic rings. The highest BCUT2D eigenvalue weighted by Gasteiger charge is 2.30. The van der Waals surface area contributed by atoms with E-state index in [-0.39, 0.29) is 12.0 Å². The van der Waals surface area contributed by atoms with Crippen molar-refractivity contribution >= 4 is 34.5 Å². The summed E-state index contributed by atoms with van der Waals surface area (Å²) < 4.78 is 5.03. The van der Waals surface area contributed by atoms with Gasteiger partial charge in [-0.15, -0.1) is 0 Å². The minimum atomic E-state index is -0.189. The number of aromatic nitrogens is 2. The van der Waals surface area contributed by atoms with Crippen LogP contribution in [0.5, 0.6) is 0 Å². The molecule has 1 aromatic heterocycles. The van der Waals surface area contributed by atoms with Gasteiger partial charge in [0.1, 0.15) is 17.7 Å². The third-order valence-electron chi connectivity index (χ3n) is 5.62. The van der Waals surface area contributed by atoms with Gasteiger partial charge in [0.2, 0.25) is 0 Å². The second-order valence-electron chi connectivity index (χ2n) is 7.59. The number of fused-ring (bicyclic) bond motifs is 1. The van der Waals surface area contributed by atoms with Crippen molar-refractivity contribution in [1.29, 1.82) is 0 Å². The smallest absolute Gasteiger partial charge is 0.323 e. The summed E-state index contributed by atoms with van der Waals surface area (Å²) in [5, 5.41) is 1.12. The molecular weight excluding hydrogens is 372 g/mol. The molecule has 1 atom stereocenters. The molecular formula is C21H28N4O2S. The molecule has 0 radical (unpaired) electrons. The highest BCUT2D eigenvalue weighted by atomic mass is 32.2. The third-order valence-corrected chi connectivity index (χ3v) is 6.56. The number of carbonyl (C=O) groups excluding carboxylic acids is 1. The summed E-state index contributed by atoms with van der Waals surface area (Å²) in [5.74, 6) is 3.94. The monoisotopic (exact) mass is 400 g/mol. The highest BCUT2D eigenvalue weighted by molar-refractivity contribution is 7.99. The second kappa shape index (κ2) is 8.66. The molecule has 1 aromatic carbocycles. The Morgan fingerprint density at radius 3 is 2.82 bits per heavy atom. The van der Waals surface area contributed by atoms with Gasteiger partial charge in [0, 0.05) is 30.0 Å². The Morgan fingerprint density at radius 2 is 2.04 bits per heavy atom. The van der Waals surface area contributed by atoms with Crippen LogP contribution >= 0.6 is 11.8 Å². The molecule has 0 amide bonds. The Bertz CT molecular complexity index is 854.